The van der Waals surface area contributed by atoms with E-state index in [0.717, 1.165) is 5.69 Å². The molecule has 0 saturated carbocycles. The lowest BCUT2D eigenvalue weighted by Crippen LogP contribution is -2.09. The molecule has 0 saturated heterocycles. The molecule has 1 atom stereocenters. The van der Waals surface area contributed by atoms with E-state index in [1.165, 1.54) is 6.07 Å². The first-order chi connectivity index (χ1) is 9.61. The van der Waals surface area contributed by atoms with Crippen LogP contribution < -0.4 is 10.1 Å². The third-order valence-electron chi connectivity index (χ3n) is 2.90. The van der Waals surface area contributed by atoms with Crippen LogP contribution in [-0.2, 0) is 0 Å². The number of phenols is 2. The fraction of sp³-hybridized carbons (Fsp3) is 0.267. The smallest absolute Gasteiger partial charge is 0.237 e. The van der Waals surface area contributed by atoms with E-state index in [2.05, 4.69) is 10.3 Å². The highest BCUT2D eigenvalue weighted by atomic mass is 16.5. The van der Waals surface area contributed by atoms with Crippen molar-refractivity contribution in [1.82, 2.24) is 4.98 Å². The molecule has 2 rings (SSSR count). The third kappa shape index (κ3) is 3.12. The van der Waals surface area contributed by atoms with Crippen molar-refractivity contribution in [2.75, 3.05) is 11.9 Å². The molecule has 0 aliphatic heterocycles. The number of hydrogen-bond donors (Lipinski definition) is 3. The second-order valence-electron chi connectivity index (χ2n) is 4.40. The van der Waals surface area contributed by atoms with E-state index in [9.17, 15) is 10.2 Å². The summed E-state index contributed by atoms with van der Waals surface area (Å²) in [6, 6.07) is 8.07. The number of anilines is 1. The molecule has 1 aromatic heterocycles. The van der Waals surface area contributed by atoms with Crippen LogP contribution in [0.3, 0.4) is 0 Å². The SMILES string of the molecule is CCOc1ncccc1NC(C)c1ccc(O)cc1O. The van der Waals surface area contributed by atoms with Crippen LogP contribution in [0.4, 0.5) is 5.69 Å². The predicted molar refractivity (Wildman–Crippen MR) is 77.2 cm³/mol. The molecule has 5 nitrogen and oxygen atoms in total. The van der Waals surface area contributed by atoms with E-state index in [4.69, 9.17) is 4.74 Å². The second kappa shape index (κ2) is 6.14. The molecular formula is C15H18N2O3. The molecule has 0 aliphatic carbocycles. The van der Waals surface area contributed by atoms with Gasteiger partial charge in [-0.2, -0.15) is 0 Å². The standard InChI is InChI=1S/C15H18N2O3/c1-3-20-15-13(5-4-8-16-15)17-10(2)12-7-6-11(18)9-14(12)19/h4-10,17-19H,3H2,1-2H3. The van der Waals surface area contributed by atoms with E-state index in [1.807, 2.05) is 26.0 Å². The molecular weight excluding hydrogens is 256 g/mol. The summed E-state index contributed by atoms with van der Waals surface area (Å²) in [4.78, 5) is 4.16. The summed E-state index contributed by atoms with van der Waals surface area (Å²) in [5.74, 6) is 0.613. The van der Waals surface area contributed by atoms with Gasteiger partial charge >= 0.3 is 0 Å². The van der Waals surface area contributed by atoms with E-state index in [0.29, 0.717) is 18.1 Å². The van der Waals surface area contributed by atoms with Crippen molar-refractivity contribution < 1.29 is 14.9 Å². The van der Waals surface area contributed by atoms with Gasteiger partial charge in [-0.15, -0.1) is 0 Å². The molecule has 1 aromatic carbocycles. The molecule has 5 heteroatoms. The van der Waals surface area contributed by atoms with Crippen LogP contribution in [0.25, 0.3) is 0 Å². The molecule has 1 heterocycles. The van der Waals surface area contributed by atoms with E-state index >= 15 is 0 Å². The minimum Gasteiger partial charge on any atom is -0.508 e. The zero-order valence-corrected chi connectivity index (χ0v) is 11.5. The fourth-order valence-electron chi connectivity index (χ4n) is 1.96. The van der Waals surface area contributed by atoms with Crippen LogP contribution in [0.1, 0.15) is 25.5 Å². The van der Waals surface area contributed by atoms with Crippen LogP contribution in [-0.4, -0.2) is 21.8 Å². The number of aromatic hydroxyl groups is 2. The van der Waals surface area contributed by atoms with Gasteiger partial charge in [-0.3, -0.25) is 0 Å². The van der Waals surface area contributed by atoms with Crippen molar-refractivity contribution >= 4 is 5.69 Å². The highest BCUT2D eigenvalue weighted by Gasteiger charge is 2.13. The van der Waals surface area contributed by atoms with Gasteiger partial charge in [-0.25, -0.2) is 4.98 Å². The summed E-state index contributed by atoms with van der Waals surface area (Å²) >= 11 is 0. The van der Waals surface area contributed by atoms with E-state index in [-0.39, 0.29) is 17.5 Å². The molecule has 0 fully saturated rings. The van der Waals surface area contributed by atoms with Gasteiger partial charge in [0.15, 0.2) is 0 Å². The van der Waals surface area contributed by atoms with E-state index < -0.39 is 0 Å². The zero-order valence-electron chi connectivity index (χ0n) is 11.5. The van der Waals surface area contributed by atoms with Gasteiger partial charge in [0.2, 0.25) is 5.88 Å². The Bertz CT molecular complexity index is 587. The molecule has 0 amide bonds. The van der Waals surface area contributed by atoms with Crippen molar-refractivity contribution in [1.29, 1.82) is 0 Å². The Morgan fingerprint density at radius 3 is 2.80 bits per heavy atom. The van der Waals surface area contributed by atoms with Gasteiger partial charge in [0.25, 0.3) is 0 Å². The van der Waals surface area contributed by atoms with Crippen LogP contribution >= 0.6 is 0 Å². The first kappa shape index (κ1) is 14.0. The minimum absolute atomic E-state index is 0.0369. The van der Waals surface area contributed by atoms with Crippen LogP contribution in [0.5, 0.6) is 17.4 Å². The Morgan fingerprint density at radius 1 is 1.30 bits per heavy atom. The van der Waals surface area contributed by atoms with Crippen molar-refractivity contribution in [3.05, 3.63) is 42.1 Å². The first-order valence-electron chi connectivity index (χ1n) is 6.48. The molecule has 0 bridgehead atoms. The van der Waals surface area contributed by atoms with Crippen molar-refractivity contribution in [3.8, 4) is 17.4 Å². The summed E-state index contributed by atoms with van der Waals surface area (Å²) in [6.07, 6.45) is 1.67. The van der Waals surface area contributed by atoms with Gasteiger partial charge in [0.05, 0.1) is 18.3 Å². The zero-order chi connectivity index (χ0) is 14.5. The molecule has 0 spiro atoms. The number of nitrogens with one attached hydrogen (secondary N) is 1. The monoisotopic (exact) mass is 274 g/mol. The van der Waals surface area contributed by atoms with Gasteiger partial charge in [0, 0.05) is 17.8 Å². The maximum Gasteiger partial charge on any atom is 0.237 e. The van der Waals surface area contributed by atoms with Gasteiger partial charge in [-0.1, -0.05) is 0 Å². The lowest BCUT2D eigenvalue weighted by atomic mass is 10.1. The number of benzene rings is 1. The van der Waals surface area contributed by atoms with Crippen molar-refractivity contribution in [2.24, 2.45) is 0 Å². The molecule has 0 aliphatic rings. The quantitative estimate of drug-likeness (QED) is 0.781. The largest absolute Gasteiger partial charge is 0.508 e. The maximum absolute atomic E-state index is 9.87. The summed E-state index contributed by atoms with van der Waals surface area (Å²) in [7, 11) is 0. The van der Waals surface area contributed by atoms with Crippen molar-refractivity contribution in [3.63, 3.8) is 0 Å². The highest BCUT2D eigenvalue weighted by Crippen LogP contribution is 2.31. The molecule has 3 N–H and O–H groups in total. The van der Waals surface area contributed by atoms with Gasteiger partial charge < -0.3 is 20.3 Å². The first-order valence-corrected chi connectivity index (χ1v) is 6.48. The third-order valence-corrected chi connectivity index (χ3v) is 2.90. The number of rotatable bonds is 5. The highest BCUT2D eigenvalue weighted by molar-refractivity contribution is 5.54. The molecule has 20 heavy (non-hydrogen) atoms. The normalized spacial score (nSPS) is 11.9. The van der Waals surface area contributed by atoms with Gasteiger partial charge in [-0.05, 0) is 38.1 Å². The maximum atomic E-state index is 9.87. The average Bonchev–Trinajstić information content (AvgIpc) is 2.41. The summed E-state index contributed by atoms with van der Waals surface area (Å²) < 4.78 is 5.45. The summed E-state index contributed by atoms with van der Waals surface area (Å²) in [5, 5.41) is 22.4. The molecule has 106 valence electrons. The number of ether oxygens (including phenoxy) is 1. The number of nitrogens with zero attached hydrogens (tertiary/aromatic N) is 1. The second-order valence-corrected chi connectivity index (χ2v) is 4.40. The Kier molecular flexibility index (Phi) is 4.30. The van der Waals surface area contributed by atoms with Crippen LogP contribution in [0, 0.1) is 0 Å². The Balaban J connectivity index is 2.21. The van der Waals surface area contributed by atoms with Gasteiger partial charge in [0.1, 0.15) is 11.5 Å². The van der Waals surface area contributed by atoms with E-state index in [1.54, 1.807) is 18.3 Å². The number of pyridine rings is 1. The van der Waals surface area contributed by atoms with Crippen LogP contribution in [0.2, 0.25) is 0 Å². The number of aromatic nitrogens is 1. The Morgan fingerprint density at radius 2 is 2.10 bits per heavy atom. The predicted octanol–water partition coefficient (Wildman–Crippen LogP) is 3.06. The lowest BCUT2D eigenvalue weighted by Gasteiger charge is -2.18. The Labute approximate surface area is 117 Å². The van der Waals surface area contributed by atoms with Crippen molar-refractivity contribution in [2.45, 2.75) is 19.9 Å². The number of phenolic OH excluding ortho intramolecular Hbond substituents is 2. The number of hydrogen-bond acceptors (Lipinski definition) is 5. The average molecular weight is 274 g/mol. The Hall–Kier alpha value is -2.43. The van der Waals surface area contributed by atoms with Crippen LogP contribution in [0.15, 0.2) is 36.5 Å². The molecule has 2 aromatic rings. The minimum atomic E-state index is -0.154. The lowest BCUT2D eigenvalue weighted by molar-refractivity contribution is 0.328. The summed E-state index contributed by atoms with van der Waals surface area (Å²) in [5.41, 5.74) is 1.45. The fourth-order valence-corrected chi connectivity index (χ4v) is 1.96. The topological polar surface area (TPSA) is 74.6 Å². The molecule has 0 radical (unpaired) electrons. The summed E-state index contributed by atoms with van der Waals surface area (Å²) in [6.45, 7) is 4.34. The molecule has 1 unspecified atom stereocenters.